The number of nitrogens with zero attached hydrogens (tertiary/aromatic N) is 1. The quantitative estimate of drug-likeness (QED) is 0.554. The van der Waals surface area contributed by atoms with Gasteiger partial charge in [0.05, 0.1) is 0 Å². The van der Waals surface area contributed by atoms with Gasteiger partial charge >= 0.3 is 0 Å². The molecule has 5 nitrogen and oxygen atoms in total. The SMILES string of the molecule is Cc1ccccc1CN(Cc1ccc2c(c1)OCO2)C[C@H](O)COc1ccccc1C. The third-order valence-electron chi connectivity index (χ3n) is 5.49. The number of hydrogen-bond donors (Lipinski definition) is 1. The van der Waals surface area contributed by atoms with E-state index in [9.17, 15) is 5.11 Å². The molecule has 0 radical (unpaired) electrons. The van der Waals surface area contributed by atoms with Crippen LogP contribution in [0.2, 0.25) is 0 Å². The molecule has 162 valence electrons. The molecule has 1 atom stereocenters. The highest BCUT2D eigenvalue weighted by molar-refractivity contribution is 5.44. The molecule has 1 aliphatic rings. The Kier molecular flexibility index (Phi) is 6.75. The van der Waals surface area contributed by atoms with Crippen LogP contribution >= 0.6 is 0 Å². The first-order valence-corrected chi connectivity index (χ1v) is 10.6. The molecule has 3 aromatic carbocycles. The number of aryl methyl sites for hydroxylation is 2. The van der Waals surface area contributed by atoms with Crippen molar-refractivity contribution < 1.29 is 19.3 Å². The second-order valence-corrected chi connectivity index (χ2v) is 8.01. The van der Waals surface area contributed by atoms with Crippen molar-refractivity contribution in [3.8, 4) is 17.2 Å². The van der Waals surface area contributed by atoms with Crippen LogP contribution < -0.4 is 14.2 Å². The van der Waals surface area contributed by atoms with Crippen molar-refractivity contribution in [2.24, 2.45) is 0 Å². The van der Waals surface area contributed by atoms with Gasteiger partial charge in [-0.05, 0) is 54.3 Å². The van der Waals surface area contributed by atoms with E-state index >= 15 is 0 Å². The average molecular weight is 420 g/mol. The van der Waals surface area contributed by atoms with Crippen molar-refractivity contribution in [1.29, 1.82) is 0 Å². The minimum absolute atomic E-state index is 0.246. The highest BCUT2D eigenvalue weighted by Gasteiger charge is 2.18. The van der Waals surface area contributed by atoms with Gasteiger partial charge in [-0.3, -0.25) is 4.90 Å². The summed E-state index contributed by atoms with van der Waals surface area (Å²) in [5.74, 6) is 2.36. The zero-order valence-corrected chi connectivity index (χ0v) is 18.1. The van der Waals surface area contributed by atoms with E-state index in [0.29, 0.717) is 13.1 Å². The fraction of sp³-hybridized carbons (Fsp3) is 0.308. The molecule has 0 saturated heterocycles. The lowest BCUT2D eigenvalue weighted by molar-refractivity contribution is 0.0625. The van der Waals surface area contributed by atoms with Crippen molar-refractivity contribution in [3.63, 3.8) is 0 Å². The van der Waals surface area contributed by atoms with E-state index in [-0.39, 0.29) is 13.4 Å². The van der Waals surface area contributed by atoms with Gasteiger partial charge < -0.3 is 19.3 Å². The van der Waals surface area contributed by atoms with Gasteiger partial charge in [-0.15, -0.1) is 0 Å². The van der Waals surface area contributed by atoms with Gasteiger partial charge in [0.1, 0.15) is 18.5 Å². The standard InChI is InChI=1S/C26H29NO4/c1-19-7-3-5-9-22(19)15-27(14-21-11-12-25-26(13-21)31-18-30-25)16-23(28)17-29-24-10-6-4-8-20(24)2/h3-13,23,28H,14-18H2,1-2H3/t23-/m0/s1. The third kappa shape index (κ3) is 5.57. The van der Waals surface area contributed by atoms with Crippen LogP contribution in [0.25, 0.3) is 0 Å². The van der Waals surface area contributed by atoms with E-state index < -0.39 is 6.10 Å². The predicted octanol–water partition coefficient (Wildman–Crippen LogP) is 4.47. The maximum absolute atomic E-state index is 10.7. The second kappa shape index (κ2) is 9.86. The Hall–Kier alpha value is -3.02. The summed E-state index contributed by atoms with van der Waals surface area (Å²) >= 11 is 0. The number of rotatable bonds is 9. The second-order valence-electron chi connectivity index (χ2n) is 8.01. The van der Waals surface area contributed by atoms with Gasteiger partial charge in [0.25, 0.3) is 0 Å². The summed E-state index contributed by atoms with van der Waals surface area (Å²) in [5, 5.41) is 10.7. The van der Waals surface area contributed by atoms with Gasteiger partial charge in [-0.2, -0.15) is 0 Å². The van der Waals surface area contributed by atoms with E-state index in [1.165, 1.54) is 11.1 Å². The van der Waals surface area contributed by atoms with Crippen LogP contribution in [0.4, 0.5) is 0 Å². The molecule has 0 unspecified atom stereocenters. The first-order valence-electron chi connectivity index (χ1n) is 10.6. The van der Waals surface area contributed by atoms with E-state index in [0.717, 1.165) is 34.9 Å². The van der Waals surface area contributed by atoms with Gasteiger partial charge in [-0.1, -0.05) is 48.5 Å². The molecule has 31 heavy (non-hydrogen) atoms. The van der Waals surface area contributed by atoms with Gasteiger partial charge in [0.15, 0.2) is 11.5 Å². The Morgan fingerprint density at radius 3 is 2.45 bits per heavy atom. The maximum atomic E-state index is 10.7. The van der Waals surface area contributed by atoms with E-state index in [1.54, 1.807) is 0 Å². The molecule has 0 aromatic heterocycles. The molecule has 1 aliphatic heterocycles. The Morgan fingerprint density at radius 2 is 1.65 bits per heavy atom. The van der Waals surface area contributed by atoms with Crippen molar-refractivity contribution in [2.45, 2.75) is 33.0 Å². The highest BCUT2D eigenvalue weighted by atomic mass is 16.7. The summed E-state index contributed by atoms with van der Waals surface area (Å²) in [4.78, 5) is 2.24. The van der Waals surface area contributed by atoms with Crippen LogP contribution in [-0.2, 0) is 13.1 Å². The summed E-state index contributed by atoms with van der Waals surface area (Å²) < 4.78 is 16.8. The van der Waals surface area contributed by atoms with Crippen LogP contribution in [0.15, 0.2) is 66.7 Å². The summed E-state index contributed by atoms with van der Waals surface area (Å²) in [6.07, 6.45) is -0.613. The maximum Gasteiger partial charge on any atom is 0.231 e. The molecule has 5 heteroatoms. The number of aliphatic hydroxyl groups excluding tert-OH is 1. The van der Waals surface area contributed by atoms with E-state index in [4.69, 9.17) is 14.2 Å². The van der Waals surface area contributed by atoms with Crippen molar-refractivity contribution >= 4 is 0 Å². The molecular weight excluding hydrogens is 390 g/mol. The molecule has 4 rings (SSSR count). The number of para-hydroxylation sites is 1. The summed E-state index contributed by atoms with van der Waals surface area (Å²) in [7, 11) is 0. The van der Waals surface area contributed by atoms with Crippen molar-refractivity contribution in [2.75, 3.05) is 19.9 Å². The number of aliphatic hydroxyl groups is 1. The van der Waals surface area contributed by atoms with Crippen molar-refractivity contribution in [1.82, 2.24) is 4.90 Å². The molecule has 0 spiro atoms. The normalized spacial score (nSPS) is 13.4. The predicted molar refractivity (Wildman–Crippen MR) is 121 cm³/mol. The zero-order valence-electron chi connectivity index (χ0n) is 18.1. The molecule has 0 fully saturated rings. The van der Waals surface area contributed by atoms with Crippen LogP contribution in [-0.4, -0.2) is 36.1 Å². The highest BCUT2D eigenvalue weighted by Crippen LogP contribution is 2.33. The summed E-state index contributed by atoms with van der Waals surface area (Å²) in [6.45, 7) is 6.55. The first kappa shape index (κ1) is 21.2. The average Bonchev–Trinajstić information content (AvgIpc) is 3.23. The largest absolute Gasteiger partial charge is 0.491 e. The zero-order chi connectivity index (χ0) is 21.6. The van der Waals surface area contributed by atoms with Gasteiger partial charge in [0, 0.05) is 19.6 Å². The molecule has 0 amide bonds. The van der Waals surface area contributed by atoms with E-state index in [2.05, 4.69) is 36.1 Å². The molecule has 0 bridgehead atoms. The molecule has 1 heterocycles. The fourth-order valence-electron chi connectivity index (χ4n) is 3.77. The molecule has 0 saturated carbocycles. The number of ether oxygens (including phenoxy) is 3. The van der Waals surface area contributed by atoms with Gasteiger partial charge in [0.2, 0.25) is 6.79 Å². The molecule has 1 N–H and O–H groups in total. The van der Waals surface area contributed by atoms with Crippen LogP contribution in [0.5, 0.6) is 17.2 Å². The van der Waals surface area contributed by atoms with Crippen LogP contribution in [0.3, 0.4) is 0 Å². The number of hydrogen-bond acceptors (Lipinski definition) is 5. The Labute approximate surface area is 183 Å². The topological polar surface area (TPSA) is 51.2 Å². The Bertz CT molecular complexity index is 1020. The molecular formula is C26H29NO4. The lowest BCUT2D eigenvalue weighted by Crippen LogP contribution is -2.35. The van der Waals surface area contributed by atoms with E-state index in [1.807, 2.05) is 49.4 Å². The minimum Gasteiger partial charge on any atom is -0.491 e. The first-order chi connectivity index (χ1) is 15.1. The number of benzene rings is 3. The fourth-order valence-corrected chi connectivity index (χ4v) is 3.77. The van der Waals surface area contributed by atoms with Gasteiger partial charge in [-0.25, -0.2) is 0 Å². The van der Waals surface area contributed by atoms with Crippen LogP contribution in [0, 0.1) is 13.8 Å². The van der Waals surface area contributed by atoms with Crippen LogP contribution in [0.1, 0.15) is 22.3 Å². The Balaban J connectivity index is 1.45. The lowest BCUT2D eigenvalue weighted by atomic mass is 10.1. The molecule has 0 aliphatic carbocycles. The minimum atomic E-state index is -0.613. The lowest BCUT2D eigenvalue weighted by Gasteiger charge is -2.26. The molecule has 3 aromatic rings. The monoisotopic (exact) mass is 419 g/mol. The Morgan fingerprint density at radius 1 is 0.903 bits per heavy atom. The summed E-state index contributed by atoms with van der Waals surface area (Å²) in [5.41, 5.74) is 4.66. The smallest absolute Gasteiger partial charge is 0.231 e. The number of fused-ring (bicyclic) bond motifs is 1. The third-order valence-corrected chi connectivity index (χ3v) is 5.49. The summed E-state index contributed by atoms with van der Waals surface area (Å²) in [6, 6.07) is 22.2. The van der Waals surface area contributed by atoms with Crippen molar-refractivity contribution in [3.05, 3.63) is 89.0 Å².